The molecule has 0 aromatic rings. The van der Waals surface area contributed by atoms with Crippen LogP contribution in [0.3, 0.4) is 0 Å². The van der Waals surface area contributed by atoms with E-state index >= 15 is 0 Å². The third-order valence-electron chi connectivity index (χ3n) is 2.07. The molecule has 0 amide bonds. The summed E-state index contributed by atoms with van der Waals surface area (Å²) in [6.45, 7) is 6.70. The summed E-state index contributed by atoms with van der Waals surface area (Å²) in [4.78, 5) is 13.3. The number of carbonyl (C=O) groups excluding carboxylic acids is 1. The molecule has 0 aromatic carbocycles. The molecule has 13 heavy (non-hydrogen) atoms. The third-order valence-corrected chi connectivity index (χ3v) is 2.07. The summed E-state index contributed by atoms with van der Waals surface area (Å²) in [5.74, 6) is -0.114. The Morgan fingerprint density at radius 3 is 3.08 bits per heavy atom. The lowest BCUT2D eigenvalue weighted by atomic mass is 10.1. The summed E-state index contributed by atoms with van der Waals surface area (Å²) in [5.41, 5.74) is 1.34. The zero-order chi connectivity index (χ0) is 9.68. The monoisotopic (exact) mass is 183 g/mol. The Kier molecular flexibility index (Phi) is 3.96. The predicted octanol–water partition coefficient (Wildman–Crippen LogP) is 1.20. The van der Waals surface area contributed by atoms with Crippen LogP contribution in [0.25, 0.3) is 0 Å². The lowest BCUT2D eigenvalue weighted by Gasteiger charge is -2.24. The van der Waals surface area contributed by atoms with Crippen molar-refractivity contribution in [1.29, 1.82) is 0 Å². The van der Waals surface area contributed by atoms with E-state index in [0.29, 0.717) is 13.2 Å². The largest absolute Gasteiger partial charge is 0.465 e. The highest BCUT2D eigenvalue weighted by atomic mass is 16.5. The van der Waals surface area contributed by atoms with Gasteiger partial charge in [0.15, 0.2) is 0 Å². The normalized spacial score (nSPS) is 18.2. The smallest absolute Gasteiger partial charge is 0.320 e. The Balaban J connectivity index is 2.29. The van der Waals surface area contributed by atoms with Gasteiger partial charge in [0.25, 0.3) is 0 Å². The summed E-state index contributed by atoms with van der Waals surface area (Å²) in [6, 6.07) is 0. The van der Waals surface area contributed by atoms with E-state index in [1.54, 1.807) is 0 Å². The molecule has 0 fully saturated rings. The van der Waals surface area contributed by atoms with Crippen LogP contribution in [-0.4, -0.2) is 37.1 Å². The van der Waals surface area contributed by atoms with Gasteiger partial charge in [-0.2, -0.15) is 0 Å². The second-order valence-corrected chi connectivity index (χ2v) is 3.35. The van der Waals surface area contributed by atoms with Gasteiger partial charge in [-0.05, 0) is 20.3 Å². The maximum absolute atomic E-state index is 11.1. The van der Waals surface area contributed by atoms with Gasteiger partial charge in [0.2, 0.25) is 0 Å². The van der Waals surface area contributed by atoms with Crippen LogP contribution in [0.15, 0.2) is 11.6 Å². The Morgan fingerprint density at radius 1 is 1.69 bits per heavy atom. The molecule has 0 atom stereocenters. The van der Waals surface area contributed by atoms with E-state index in [2.05, 4.69) is 17.9 Å². The fourth-order valence-electron chi connectivity index (χ4n) is 1.51. The van der Waals surface area contributed by atoms with Gasteiger partial charge in [-0.15, -0.1) is 0 Å². The molecule has 0 unspecified atom stereocenters. The number of hydrogen-bond donors (Lipinski definition) is 0. The quantitative estimate of drug-likeness (QED) is 0.486. The molecule has 1 aliphatic rings. The molecule has 0 saturated heterocycles. The third kappa shape index (κ3) is 3.59. The molecule has 3 nitrogen and oxygen atoms in total. The zero-order valence-corrected chi connectivity index (χ0v) is 8.38. The van der Waals surface area contributed by atoms with Gasteiger partial charge < -0.3 is 4.74 Å². The predicted molar refractivity (Wildman–Crippen MR) is 51.4 cm³/mol. The molecule has 74 valence electrons. The van der Waals surface area contributed by atoms with Gasteiger partial charge in [0, 0.05) is 13.1 Å². The fraction of sp³-hybridized carbons (Fsp3) is 0.700. The SMILES string of the molecule is CCOC(=O)CN1CCC=C(C)C1. The van der Waals surface area contributed by atoms with Crippen molar-refractivity contribution in [2.24, 2.45) is 0 Å². The number of nitrogens with zero attached hydrogens (tertiary/aromatic N) is 1. The van der Waals surface area contributed by atoms with Gasteiger partial charge >= 0.3 is 5.97 Å². The minimum atomic E-state index is -0.114. The van der Waals surface area contributed by atoms with Crippen LogP contribution in [-0.2, 0) is 9.53 Å². The highest BCUT2D eigenvalue weighted by Crippen LogP contribution is 2.07. The highest BCUT2D eigenvalue weighted by molar-refractivity contribution is 5.71. The molecule has 1 aliphatic heterocycles. The molecule has 0 bridgehead atoms. The molecule has 0 aliphatic carbocycles. The first-order chi connectivity index (χ1) is 6.22. The first-order valence-corrected chi connectivity index (χ1v) is 4.76. The molecule has 0 aromatic heterocycles. The number of ether oxygens (including phenoxy) is 1. The van der Waals surface area contributed by atoms with E-state index in [0.717, 1.165) is 19.5 Å². The minimum Gasteiger partial charge on any atom is -0.465 e. The van der Waals surface area contributed by atoms with Crippen molar-refractivity contribution >= 4 is 5.97 Å². The lowest BCUT2D eigenvalue weighted by molar-refractivity contribution is -0.144. The highest BCUT2D eigenvalue weighted by Gasteiger charge is 2.13. The maximum Gasteiger partial charge on any atom is 0.320 e. The van der Waals surface area contributed by atoms with Gasteiger partial charge in [-0.25, -0.2) is 0 Å². The zero-order valence-electron chi connectivity index (χ0n) is 8.38. The van der Waals surface area contributed by atoms with E-state index in [9.17, 15) is 4.79 Å². The molecule has 0 radical (unpaired) electrons. The lowest BCUT2D eigenvalue weighted by Crippen LogP contribution is -2.35. The van der Waals surface area contributed by atoms with Crippen LogP contribution in [0.5, 0.6) is 0 Å². The average Bonchev–Trinajstić information content (AvgIpc) is 2.04. The summed E-state index contributed by atoms with van der Waals surface area (Å²) in [6.07, 6.45) is 3.27. The molecule has 1 rings (SSSR count). The minimum absolute atomic E-state index is 0.114. The molecule has 0 saturated carbocycles. The van der Waals surface area contributed by atoms with Crippen molar-refractivity contribution in [2.75, 3.05) is 26.2 Å². The molecule has 0 spiro atoms. The molecule has 1 heterocycles. The van der Waals surface area contributed by atoms with Gasteiger partial charge in [-0.3, -0.25) is 9.69 Å². The van der Waals surface area contributed by atoms with E-state index in [1.165, 1.54) is 5.57 Å². The number of carbonyl (C=O) groups is 1. The van der Waals surface area contributed by atoms with E-state index in [-0.39, 0.29) is 5.97 Å². The van der Waals surface area contributed by atoms with Crippen LogP contribution >= 0.6 is 0 Å². The summed E-state index contributed by atoms with van der Waals surface area (Å²) < 4.78 is 4.88. The van der Waals surface area contributed by atoms with Crippen molar-refractivity contribution in [1.82, 2.24) is 4.90 Å². The van der Waals surface area contributed by atoms with Gasteiger partial charge in [0.05, 0.1) is 13.2 Å². The summed E-state index contributed by atoms with van der Waals surface area (Å²) in [5, 5.41) is 0. The van der Waals surface area contributed by atoms with Crippen LogP contribution in [0.2, 0.25) is 0 Å². The molecule has 3 heteroatoms. The van der Waals surface area contributed by atoms with E-state index in [4.69, 9.17) is 4.74 Å². The van der Waals surface area contributed by atoms with Crippen LogP contribution in [0.4, 0.5) is 0 Å². The number of hydrogen-bond acceptors (Lipinski definition) is 3. The van der Waals surface area contributed by atoms with Crippen LogP contribution in [0, 0.1) is 0 Å². The number of rotatable bonds is 3. The van der Waals surface area contributed by atoms with Crippen LogP contribution in [0.1, 0.15) is 20.3 Å². The van der Waals surface area contributed by atoms with Crippen LogP contribution < -0.4 is 0 Å². The van der Waals surface area contributed by atoms with Crippen molar-refractivity contribution in [3.05, 3.63) is 11.6 Å². The second kappa shape index (κ2) is 5.02. The summed E-state index contributed by atoms with van der Waals surface area (Å²) >= 11 is 0. The topological polar surface area (TPSA) is 29.5 Å². The van der Waals surface area contributed by atoms with Gasteiger partial charge in [0.1, 0.15) is 0 Å². The van der Waals surface area contributed by atoms with Crippen molar-refractivity contribution in [3.63, 3.8) is 0 Å². The first kappa shape index (κ1) is 10.3. The Morgan fingerprint density at radius 2 is 2.46 bits per heavy atom. The van der Waals surface area contributed by atoms with Crippen molar-refractivity contribution in [3.8, 4) is 0 Å². The molecule has 0 N–H and O–H groups in total. The Hall–Kier alpha value is -0.830. The summed E-state index contributed by atoms with van der Waals surface area (Å²) in [7, 11) is 0. The standard InChI is InChI=1S/C10H17NO2/c1-3-13-10(12)8-11-6-4-5-9(2)7-11/h5H,3-4,6-8H2,1-2H3. The molecular weight excluding hydrogens is 166 g/mol. The van der Waals surface area contributed by atoms with E-state index < -0.39 is 0 Å². The fourth-order valence-corrected chi connectivity index (χ4v) is 1.51. The van der Waals surface area contributed by atoms with Crippen molar-refractivity contribution in [2.45, 2.75) is 20.3 Å². The Labute approximate surface area is 79.4 Å². The van der Waals surface area contributed by atoms with Crippen molar-refractivity contribution < 1.29 is 9.53 Å². The van der Waals surface area contributed by atoms with Gasteiger partial charge in [-0.1, -0.05) is 11.6 Å². The van der Waals surface area contributed by atoms with E-state index in [1.807, 2.05) is 6.92 Å². The Bertz CT molecular complexity index is 211. The average molecular weight is 183 g/mol. The second-order valence-electron chi connectivity index (χ2n) is 3.35. The first-order valence-electron chi connectivity index (χ1n) is 4.76. The molecular formula is C10H17NO2. The maximum atomic E-state index is 11.1. The number of esters is 1.